The zero-order valence-electron chi connectivity index (χ0n) is 11.5. The van der Waals surface area contributed by atoms with Crippen LogP contribution < -0.4 is 10.0 Å². The molecule has 0 aliphatic heterocycles. The van der Waals surface area contributed by atoms with Gasteiger partial charge in [-0.05, 0) is 30.3 Å². The van der Waals surface area contributed by atoms with Crippen LogP contribution in [0.2, 0.25) is 0 Å². The third-order valence-electron chi connectivity index (χ3n) is 2.72. The van der Waals surface area contributed by atoms with Gasteiger partial charge in [-0.1, -0.05) is 22.0 Å². The molecule has 0 bridgehead atoms. The van der Waals surface area contributed by atoms with E-state index in [9.17, 15) is 8.42 Å². The number of nitrogens with one attached hydrogen (secondary N) is 2. The van der Waals surface area contributed by atoms with Crippen LogP contribution in [0.3, 0.4) is 0 Å². The van der Waals surface area contributed by atoms with E-state index in [0.717, 1.165) is 0 Å². The van der Waals surface area contributed by atoms with Crippen LogP contribution in [0, 0.1) is 11.3 Å². The summed E-state index contributed by atoms with van der Waals surface area (Å²) in [5.41, 5.74) is 0.473. The van der Waals surface area contributed by atoms with Gasteiger partial charge in [0.2, 0.25) is 10.0 Å². The van der Waals surface area contributed by atoms with Crippen molar-refractivity contribution in [1.82, 2.24) is 9.71 Å². The zero-order chi connectivity index (χ0) is 16.0. The van der Waals surface area contributed by atoms with Crippen molar-refractivity contribution in [1.29, 1.82) is 5.26 Å². The van der Waals surface area contributed by atoms with Gasteiger partial charge < -0.3 is 5.32 Å². The van der Waals surface area contributed by atoms with Crippen molar-refractivity contribution in [3.05, 3.63) is 52.6 Å². The number of nitrogens with zero attached hydrogens (tertiary/aromatic N) is 2. The Kier molecular flexibility index (Phi) is 5.49. The van der Waals surface area contributed by atoms with Crippen LogP contribution in [-0.2, 0) is 10.0 Å². The maximum Gasteiger partial charge on any atom is 0.240 e. The quantitative estimate of drug-likeness (QED) is 0.748. The minimum atomic E-state index is -3.53. The Labute approximate surface area is 137 Å². The van der Waals surface area contributed by atoms with Gasteiger partial charge in [-0.15, -0.1) is 0 Å². The SMILES string of the molecule is N#Cc1ccc(NCCNS(=O)(=O)c2cccc(Br)c2)nc1. The van der Waals surface area contributed by atoms with Gasteiger partial charge in [-0.3, -0.25) is 0 Å². The number of nitriles is 1. The molecular weight excluding hydrogens is 368 g/mol. The maximum absolute atomic E-state index is 12.1. The number of hydrogen-bond acceptors (Lipinski definition) is 5. The Balaban J connectivity index is 1.86. The Morgan fingerprint density at radius 1 is 1.23 bits per heavy atom. The van der Waals surface area contributed by atoms with Crippen LogP contribution >= 0.6 is 15.9 Å². The molecule has 2 aromatic rings. The average Bonchev–Trinajstić information content (AvgIpc) is 2.52. The molecule has 0 saturated heterocycles. The molecule has 2 N–H and O–H groups in total. The van der Waals surface area contributed by atoms with Crippen molar-refractivity contribution in [2.75, 3.05) is 18.4 Å². The number of benzene rings is 1. The summed E-state index contributed by atoms with van der Waals surface area (Å²) in [6.07, 6.45) is 1.45. The molecular formula is C14H13BrN4O2S. The van der Waals surface area contributed by atoms with Gasteiger partial charge >= 0.3 is 0 Å². The second-order valence-electron chi connectivity index (χ2n) is 4.33. The second kappa shape index (κ2) is 7.35. The van der Waals surface area contributed by atoms with Gasteiger partial charge in [0.25, 0.3) is 0 Å². The predicted octanol–water partition coefficient (Wildman–Crippen LogP) is 2.11. The number of hydrogen-bond donors (Lipinski definition) is 2. The molecule has 0 spiro atoms. The monoisotopic (exact) mass is 380 g/mol. The minimum absolute atomic E-state index is 0.207. The van der Waals surface area contributed by atoms with Gasteiger partial charge in [-0.2, -0.15) is 5.26 Å². The number of anilines is 1. The highest BCUT2D eigenvalue weighted by Gasteiger charge is 2.13. The highest BCUT2D eigenvalue weighted by Crippen LogP contribution is 2.15. The van der Waals surface area contributed by atoms with Crippen molar-refractivity contribution in [3.8, 4) is 6.07 Å². The third-order valence-corrected chi connectivity index (χ3v) is 4.67. The van der Waals surface area contributed by atoms with Crippen molar-refractivity contribution in [2.45, 2.75) is 4.90 Å². The van der Waals surface area contributed by atoms with Crippen LogP contribution in [0.25, 0.3) is 0 Å². The molecule has 0 unspecified atom stereocenters. The lowest BCUT2D eigenvalue weighted by Gasteiger charge is -2.08. The van der Waals surface area contributed by atoms with Crippen LogP contribution in [0.4, 0.5) is 5.82 Å². The molecule has 0 aliphatic carbocycles. The highest BCUT2D eigenvalue weighted by molar-refractivity contribution is 9.10. The summed E-state index contributed by atoms with van der Waals surface area (Å²) in [4.78, 5) is 4.24. The Morgan fingerprint density at radius 3 is 2.68 bits per heavy atom. The molecule has 1 aromatic carbocycles. The van der Waals surface area contributed by atoms with Crippen LogP contribution in [0.1, 0.15) is 5.56 Å². The molecule has 0 saturated carbocycles. The summed E-state index contributed by atoms with van der Waals surface area (Å²) in [6.45, 7) is 0.600. The molecule has 22 heavy (non-hydrogen) atoms. The molecule has 0 amide bonds. The van der Waals surface area contributed by atoms with Crippen molar-refractivity contribution >= 4 is 31.8 Å². The molecule has 8 heteroatoms. The Hall–Kier alpha value is -1.95. The fourth-order valence-electron chi connectivity index (χ4n) is 1.66. The molecule has 0 radical (unpaired) electrons. The molecule has 1 heterocycles. The van der Waals surface area contributed by atoms with E-state index < -0.39 is 10.0 Å². The first kappa shape index (κ1) is 16.4. The summed E-state index contributed by atoms with van der Waals surface area (Å²) in [5, 5.41) is 11.6. The summed E-state index contributed by atoms with van der Waals surface area (Å²) in [6, 6.07) is 11.8. The second-order valence-corrected chi connectivity index (χ2v) is 7.01. The molecule has 1 aromatic heterocycles. The molecule has 2 rings (SSSR count). The molecule has 6 nitrogen and oxygen atoms in total. The van der Waals surface area contributed by atoms with Gasteiger partial charge in [0.15, 0.2) is 0 Å². The Morgan fingerprint density at radius 2 is 2.05 bits per heavy atom. The van der Waals surface area contributed by atoms with Crippen molar-refractivity contribution < 1.29 is 8.42 Å². The molecule has 0 atom stereocenters. The molecule has 0 aliphatic rings. The van der Waals surface area contributed by atoms with E-state index in [1.54, 1.807) is 24.3 Å². The fourth-order valence-corrected chi connectivity index (χ4v) is 3.29. The maximum atomic E-state index is 12.1. The number of rotatable bonds is 6. The van der Waals surface area contributed by atoms with E-state index in [2.05, 4.69) is 31.0 Å². The number of aromatic nitrogens is 1. The van der Waals surface area contributed by atoms with E-state index in [1.165, 1.54) is 18.3 Å². The number of pyridine rings is 1. The predicted molar refractivity (Wildman–Crippen MR) is 86.8 cm³/mol. The normalized spacial score (nSPS) is 10.9. The fraction of sp³-hybridized carbons (Fsp3) is 0.143. The minimum Gasteiger partial charge on any atom is -0.369 e. The number of halogens is 1. The topological polar surface area (TPSA) is 94.9 Å². The molecule has 114 valence electrons. The van der Waals surface area contributed by atoms with Gasteiger partial charge in [0.05, 0.1) is 10.5 Å². The third kappa shape index (κ3) is 4.53. The first-order chi connectivity index (χ1) is 10.5. The van der Waals surface area contributed by atoms with Crippen LogP contribution in [0.5, 0.6) is 0 Å². The van der Waals surface area contributed by atoms with E-state index in [-0.39, 0.29) is 11.4 Å². The Bertz CT molecular complexity index is 785. The van der Waals surface area contributed by atoms with E-state index in [4.69, 9.17) is 5.26 Å². The van der Waals surface area contributed by atoms with E-state index in [1.807, 2.05) is 6.07 Å². The highest BCUT2D eigenvalue weighted by atomic mass is 79.9. The molecule has 0 fully saturated rings. The van der Waals surface area contributed by atoms with Gasteiger partial charge in [0.1, 0.15) is 11.9 Å². The first-order valence-corrected chi connectivity index (χ1v) is 8.64. The summed E-state index contributed by atoms with van der Waals surface area (Å²) in [7, 11) is -3.53. The standard InChI is InChI=1S/C14H13BrN4O2S/c15-12-2-1-3-13(8-12)22(20,21)19-7-6-17-14-5-4-11(9-16)10-18-14/h1-5,8,10,19H,6-7H2,(H,17,18). The largest absolute Gasteiger partial charge is 0.369 e. The van der Waals surface area contributed by atoms with E-state index >= 15 is 0 Å². The summed E-state index contributed by atoms with van der Waals surface area (Å²) in [5.74, 6) is 0.584. The summed E-state index contributed by atoms with van der Waals surface area (Å²) >= 11 is 3.24. The van der Waals surface area contributed by atoms with Crippen LogP contribution in [-0.4, -0.2) is 26.5 Å². The number of sulfonamides is 1. The average molecular weight is 381 g/mol. The smallest absolute Gasteiger partial charge is 0.240 e. The lowest BCUT2D eigenvalue weighted by molar-refractivity contribution is 0.583. The lowest BCUT2D eigenvalue weighted by Crippen LogP contribution is -2.29. The first-order valence-electron chi connectivity index (χ1n) is 6.36. The lowest BCUT2D eigenvalue weighted by atomic mass is 10.3. The van der Waals surface area contributed by atoms with Gasteiger partial charge in [-0.25, -0.2) is 18.1 Å². The van der Waals surface area contributed by atoms with Gasteiger partial charge in [0, 0.05) is 23.8 Å². The summed E-state index contributed by atoms with van der Waals surface area (Å²) < 4.78 is 27.3. The van der Waals surface area contributed by atoms with E-state index in [0.29, 0.717) is 22.4 Å². The van der Waals surface area contributed by atoms with Crippen LogP contribution in [0.15, 0.2) is 52.0 Å². The van der Waals surface area contributed by atoms with Crippen molar-refractivity contribution in [2.24, 2.45) is 0 Å². The zero-order valence-corrected chi connectivity index (χ0v) is 13.9. The van der Waals surface area contributed by atoms with Crippen molar-refractivity contribution in [3.63, 3.8) is 0 Å².